The number of methoxy groups -OCH3 is 1. The van der Waals surface area contributed by atoms with Gasteiger partial charge in [0.25, 0.3) is 0 Å². The summed E-state index contributed by atoms with van der Waals surface area (Å²) in [6, 6.07) is 1.53. The number of hydrogen-bond acceptors (Lipinski definition) is 9. The van der Waals surface area contributed by atoms with Crippen LogP contribution in [0.2, 0.25) is 0 Å². The van der Waals surface area contributed by atoms with Gasteiger partial charge in [-0.1, -0.05) is 0 Å². The summed E-state index contributed by atoms with van der Waals surface area (Å²) in [5.74, 6) is -2.64. The second kappa shape index (κ2) is 8.52. The van der Waals surface area contributed by atoms with Crippen molar-refractivity contribution in [3.05, 3.63) is 48.0 Å². The quantitative estimate of drug-likeness (QED) is 0.271. The summed E-state index contributed by atoms with van der Waals surface area (Å²) < 4.78 is 21.6. The first-order valence-electron chi connectivity index (χ1n) is 11.9. The van der Waals surface area contributed by atoms with Gasteiger partial charge in [0.05, 0.1) is 35.9 Å². The maximum Gasteiger partial charge on any atom is 0.338 e. The van der Waals surface area contributed by atoms with Gasteiger partial charge < -0.3 is 23.7 Å². The Kier molecular flexibility index (Phi) is 6.16. The molecule has 1 aromatic heterocycles. The molecule has 0 bridgehead atoms. The first-order chi connectivity index (χ1) is 16.8. The number of carbonyl (C=O) groups excluding carboxylic acids is 4. The number of aliphatic hydroxyl groups is 1. The summed E-state index contributed by atoms with van der Waals surface area (Å²) in [5.41, 5.74) is -4.75. The molecule has 1 saturated carbocycles. The molecule has 0 amide bonds. The van der Waals surface area contributed by atoms with E-state index in [1.54, 1.807) is 34.6 Å². The topological polar surface area (TPSA) is 133 Å². The van der Waals surface area contributed by atoms with E-state index in [1.165, 1.54) is 43.9 Å². The van der Waals surface area contributed by atoms with E-state index in [4.69, 9.17) is 18.6 Å². The van der Waals surface area contributed by atoms with Gasteiger partial charge in [-0.15, -0.1) is 0 Å². The lowest BCUT2D eigenvalue weighted by molar-refractivity contribution is -0.151. The predicted molar refractivity (Wildman–Crippen MR) is 126 cm³/mol. The van der Waals surface area contributed by atoms with Crippen molar-refractivity contribution in [2.45, 2.75) is 70.9 Å². The van der Waals surface area contributed by atoms with Crippen LogP contribution in [0.1, 0.15) is 57.8 Å². The van der Waals surface area contributed by atoms with Crippen molar-refractivity contribution in [2.24, 2.45) is 16.7 Å². The molecule has 0 radical (unpaired) electrons. The zero-order chi connectivity index (χ0) is 26.7. The molecule has 2 fully saturated rings. The highest BCUT2D eigenvalue weighted by atomic mass is 16.7. The Morgan fingerprint density at radius 1 is 1.19 bits per heavy atom. The minimum atomic E-state index is -1.59. The largest absolute Gasteiger partial charge is 0.472 e. The van der Waals surface area contributed by atoms with Crippen molar-refractivity contribution in [3.8, 4) is 0 Å². The van der Waals surface area contributed by atoms with Crippen LogP contribution in [0.5, 0.6) is 0 Å². The zero-order valence-corrected chi connectivity index (χ0v) is 21.3. The van der Waals surface area contributed by atoms with Gasteiger partial charge in [0.15, 0.2) is 17.7 Å². The molecule has 2 aliphatic heterocycles. The molecule has 1 N–H and O–H groups in total. The zero-order valence-electron chi connectivity index (χ0n) is 21.3. The summed E-state index contributed by atoms with van der Waals surface area (Å²) in [6.07, 6.45) is 5.27. The van der Waals surface area contributed by atoms with Crippen LogP contribution in [-0.4, -0.2) is 59.1 Å². The van der Waals surface area contributed by atoms with E-state index in [-0.39, 0.29) is 12.2 Å². The molecule has 6 atom stereocenters. The van der Waals surface area contributed by atoms with Gasteiger partial charge in [-0.25, -0.2) is 9.59 Å². The van der Waals surface area contributed by atoms with Gasteiger partial charge >= 0.3 is 11.9 Å². The number of furan rings is 1. The van der Waals surface area contributed by atoms with Crippen LogP contribution in [0.25, 0.3) is 0 Å². The van der Waals surface area contributed by atoms with Crippen molar-refractivity contribution in [1.29, 1.82) is 0 Å². The van der Waals surface area contributed by atoms with E-state index in [1.807, 2.05) is 0 Å². The number of cyclic esters (lactones) is 1. The third kappa shape index (κ3) is 3.51. The van der Waals surface area contributed by atoms with Crippen molar-refractivity contribution >= 4 is 23.5 Å². The van der Waals surface area contributed by atoms with E-state index in [2.05, 4.69) is 0 Å². The van der Waals surface area contributed by atoms with Gasteiger partial charge in [0.2, 0.25) is 0 Å². The lowest BCUT2D eigenvalue weighted by atomic mass is 9.46. The van der Waals surface area contributed by atoms with Crippen LogP contribution >= 0.6 is 0 Å². The Hall–Kier alpha value is -3.04. The van der Waals surface area contributed by atoms with Crippen LogP contribution in [0.3, 0.4) is 0 Å². The average molecular weight is 501 g/mol. The minimum Gasteiger partial charge on any atom is -0.472 e. The number of Topliss-reactive ketones (excluding diaryl/α,β-unsaturated/α-hetero) is 1. The molecule has 1 spiro atoms. The van der Waals surface area contributed by atoms with E-state index in [0.717, 1.165) is 0 Å². The second-order valence-electron chi connectivity index (χ2n) is 10.7. The average Bonchev–Trinajstić information content (AvgIpc) is 3.34. The van der Waals surface area contributed by atoms with Gasteiger partial charge in [0.1, 0.15) is 17.5 Å². The number of ketones is 2. The molecule has 36 heavy (non-hydrogen) atoms. The first kappa shape index (κ1) is 26.0. The van der Waals surface area contributed by atoms with Crippen LogP contribution in [0.4, 0.5) is 0 Å². The summed E-state index contributed by atoms with van der Waals surface area (Å²) >= 11 is 0. The SMILES string of the molecule is COC(=O)[C@@H]1O[C@@]12[C@](C)(C(=O)c1ccoc1)CCC([C@H](C)O)[C@@]2(C)C(=O)/C=C1\C=CC(=O)OC1(C)C. The standard InChI is InChI=1S/C27H32O9/c1-15(28)18-9-11-25(4,21(31)16-10-12-34-14-16)27(22(36-27)23(32)33-6)26(18,5)19(29)13-17-7-8-20(30)35-24(17,2)3/h7-8,10,12-15,18,22,28H,9,11H2,1-6H3/b17-13+/t15-,18?,22-,25-,26-,27+/m0/s1. The Labute approximate surface area is 209 Å². The number of aliphatic hydroxyl groups excluding tert-OH is 1. The number of epoxide rings is 1. The highest BCUT2D eigenvalue weighted by Gasteiger charge is 2.84. The van der Waals surface area contributed by atoms with Gasteiger partial charge in [-0.05, 0) is 71.3 Å². The molecule has 9 heteroatoms. The molecule has 1 aromatic rings. The van der Waals surface area contributed by atoms with Crippen LogP contribution < -0.4 is 0 Å². The number of rotatable bonds is 6. The Morgan fingerprint density at radius 2 is 1.89 bits per heavy atom. The lowest BCUT2D eigenvalue weighted by Gasteiger charge is -2.54. The second-order valence-corrected chi connectivity index (χ2v) is 10.7. The fraction of sp³-hybridized carbons (Fsp3) is 0.556. The number of allylic oxidation sites excluding steroid dienone is 1. The Balaban J connectivity index is 1.91. The Morgan fingerprint density at radius 3 is 2.44 bits per heavy atom. The van der Waals surface area contributed by atoms with Crippen LogP contribution in [-0.2, 0) is 28.6 Å². The first-order valence-corrected chi connectivity index (χ1v) is 11.9. The van der Waals surface area contributed by atoms with Gasteiger partial charge in [-0.3, -0.25) is 9.59 Å². The number of esters is 2. The van der Waals surface area contributed by atoms with E-state index in [0.29, 0.717) is 17.6 Å². The summed E-state index contributed by atoms with van der Waals surface area (Å²) in [5, 5.41) is 10.8. The highest BCUT2D eigenvalue weighted by Crippen LogP contribution is 2.70. The minimum absolute atomic E-state index is 0.266. The molecule has 0 aromatic carbocycles. The Bertz CT molecular complexity index is 1160. The normalized spacial score (nSPS) is 36.9. The summed E-state index contributed by atoms with van der Waals surface area (Å²) in [4.78, 5) is 52.7. The molecule has 194 valence electrons. The fourth-order valence-corrected chi connectivity index (χ4v) is 6.35. The summed E-state index contributed by atoms with van der Waals surface area (Å²) in [6.45, 7) is 8.23. The lowest BCUT2D eigenvalue weighted by Crippen LogP contribution is -2.65. The number of hydrogen-bond donors (Lipinski definition) is 1. The molecule has 3 heterocycles. The molecular weight excluding hydrogens is 468 g/mol. The number of ether oxygens (including phenoxy) is 3. The van der Waals surface area contributed by atoms with Gasteiger partial charge in [-0.2, -0.15) is 0 Å². The molecule has 1 unspecified atom stereocenters. The van der Waals surface area contributed by atoms with Crippen LogP contribution in [0, 0.1) is 16.7 Å². The molecule has 1 saturated heterocycles. The molecule has 1 aliphatic carbocycles. The van der Waals surface area contributed by atoms with Crippen molar-refractivity contribution < 1.29 is 42.9 Å². The third-order valence-corrected chi connectivity index (χ3v) is 8.43. The van der Waals surface area contributed by atoms with Crippen LogP contribution in [0.15, 0.2) is 46.8 Å². The molecule has 9 nitrogen and oxygen atoms in total. The van der Waals surface area contributed by atoms with Crippen molar-refractivity contribution in [2.75, 3.05) is 7.11 Å². The fourth-order valence-electron chi connectivity index (χ4n) is 6.35. The highest BCUT2D eigenvalue weighted by molar-refractivity contribution is 6.06. The smallest absolute Gasteiger partial charge is 0.338 e. The van der Waals surface area contributed by atoms with Crippen molar-refractivity contribution in [3.63, 3.8) is 0 Å². The summed E-state index contributed by atoms with van der Waals surface area (Å²) in [7, 11) is 1.22. The predicted octanol–water partition coefficient (Wildman–Crippen LogP) is 2.96. The maximum absolute atomic E-state index is 14.3. The van der Waals surface area contributed by atoms with E-state index < -0.39 is 57.9 Å². The third-order valence-electron chi connectivity index (χ3n) is 8.43. The molecule has 4 rings (SSSR count). The van der Waals surface area contributed by atoms with E-state index >= 15 is 0 Å². The number of carbonyl (C=O) groups is 4. The molecule has 3 aliphatic rings. The maximum atomic E-state index is 14.3. The van der Waals surface area contributed by atoms with E-state index in [9.17, 15) is 24.3 Å². The van der Waals surface area contributed by atoms with Gasteiger partial charge in [0, 0.05) is 12.0 Å². The van der Waals surface area contributed by atoms with Crippen molar-refractivity contribution in [1.82, 2.24) is 0 Å². The monoisotopic (exact) mass is 500 g/mol. The molecular formula is C27H32O9.